The van der Waals surface area contributed by atoms with Crippen molar-refractivity contribution < 1.29 is 4.79 Å². The molecule has 3 nitrogen and oxygen atoms in total. The first-order valence-corrected chi connectivity index (χ1v) is 6.16. The fourth-order valence-corrected chi connectivity index (χ4v) is 1.81. The molecule has 0 radical (unpaired) electrons. The van der Waals surface area contributed by atoms with E-state index in [2.05, 4.69) is 5.10 Å². The van der Waals surface area contributed by atoms with Crippen LogP contribution in [-0.2, 0) is 0 Å². The molecule has 1 fully saturated rings. The Hall–Kier alpha value is -2.16. The third-order valence-electron chi connectivity index (χ3n) is 3.01. The summed E-state index contributed by atoms with van der Waals surface area (Å²) in [5, 5.41) is 4.27. The van der Waals surface area contributed by atoms with E-state index >= 15 is 0 Å². The van der Waals surface area contributed by atoms with Crippen molar-refractivity contribution >= 4 is 18.1 Å². The maximum absolute atomic E-state index is 11.8. The molecule has 1 heterocycles. The van der Waals surface area contributed by atoms with Gasteiger partial charge in [0.25, 0.3) is 0 Å². The minimum atomic E-state index is 0.120. The van der Waals surface area contributed by atoms with E-state index in [1.165, 1.54) is 4.68 Å². The van der Waals surface area contributed by atoms with Crippen molar-refractivity contribution in [3.05, 3.63) is 53.9 Å². The molecule has 0 unspecified atom stereocenters. The van der Waals surface area contributed by atoms with Crippen LogP contribution >= 0.6 is 0 Å². The van der Waals surface area contributed by atoms with Crippen molar-refractivity contribution in [1.29, 1.82) is 0 Å². The van der Waals surface area contributed by atoms with E-state index in [9.17, 15) is 4.79 Å². The van der Waals surface area contributed by atoms with Crippen LogP contribution in [0, 0.1) is 5.92 Å². The molecule has 0 N–H and O–H groups in total. The van der Waals surface area contributed by atoms with Crippen LogP contribution in [0.2, 0.25) is 0 Å². The number of carbonyl (C=O) groups is 1. The van der Waals surface area contributed by atoms with Crippen LogP contribution in [0.25, 0.3) is 12.2 Å². The highest BCUT2D eigenvalue weighted by atomic mass is 16.2. The van der Waals surface area contributed by atoms with Gasteiger partial charge in [-0.1, -0.05) is 36.4 Å². The number of rotatable bonds is 3. The van der Waals surface area contributed by atoms with Gasteiger partial charge in [-0.25, -0.2) is 4.68 Å². The Kier molecular flexibility index (Phi) is 2.81. The lowest BCUT2D eigenvalue weighted by atomic mass is 10.2. The molecular formula is C15H14N2O. The third kappa shape index (κ3) is 2.40. The number of benzene rings is 1. The second-order valence-electron chi connectivity index (χ2n) is 4.54. The maximum atomic E-state index is 11.8. The largest absolute Gasteiger partial charge is 0.272 e. The van der Waals surface area contributed by atoms with Crippen LogP contribution in [-0.4, -0.2) is 15.7 Å². The molecule has 3 heteroatoms. The van der Waals surface area contributed by atoms with E-state index in [-0.39, 0.29) is 11.8 Å². The Morgan fingerprint density at radius 2 is 1.94 bits per heavy atom. The van der Waals surface area contributed by atoms with Crippen molar-refractivity contribution in [1.82, 2.24) is 9.78 Å². The normalized spacial score (nSPS) is 15.1. The number of aromatic nitrogens is 2. The molecular weight excluding hydrogens is 224 g/mol. The zero-order valence-electron chi connectivity index (χ0n) is 9.99. The Morgan fingerprint density at radius 3 is 2.67 bits per heavy atom. The molecule has 18 heavy (non-hydrogen) atoms. The number of hydrogen-bond donors (Lipinski definition) is 0. The minimum absolute atomic E-state index is 0.120. The lowest BCUT2D eigenvalue weighted by Gasteiger charge is -1.95. The molecule has 1 aromatic heterocycles. The topological polar surface area (TPSA) is 34.9 Å². The van der Waals surface area contributed by atoms with Gasteiger partial charge in [0.05, 0.1) is 5.69 Å². The molecule has 1 saturated carbocycles. The molecule has 0 aliphatic heterocycles. The van der Waals surface area contributed by atoms with Crippen molar-refractivity contribution in [2.45, 2.75) is 12.8 Å². The monoisotopic (exact) mass is 238 g/mol. The van der Waals surface area contributed by atoms with Gasteiger partial charge in [0.1, 0.15) is 0 Å². The summed E-state index contributed by atoms with van der Waals surface area (Å²) in [5.74, 6) is 0.324. The second kappa shape index (κ2) is 4.61. The highest BCUT2D eigenvalue weighted by molar-refractivity contribution is 5.83. The Labute approximate surface area is 106 Å². The summed E-state index contributed by atoms with van der Waals surface area (Å²) in [6.45, 7) is 0. The number of hydrogen-bond acceptors (Lipinski definition) is 2. The van der Waals surface area contributed by atoms with Crippen molar-refractivity contribution in [2.75, 3.05) is 0 Å². The number of carbonyl (C=O) groups excluding carboxylic acids is 1. The average Bonchev–Trinajstić information content (AvgIpc) is 3.15. The molecule has 0 saturated heterocycles. The summed E-state index contributed by atoms with van der Waals surface area (Å²) in [7, 11) is 0. The maximum Gasteiger partial charge on any atom is 0.249 e. The quantitative estimate of drug-likeness (QED) is 0.823. The molecule has 0 amide bonds. The van der Waals surface area contributed by atoms with E-state index in [1.54, 1.807) is 6.20 Å². The minimum Gasteiger partial charge on any atom is -0.272 e. The smallest absolute Gasteiger partial charge is 0.249 e. The average molecular weight is 238 g/mol. The van der Waals surface area contributed by atoms with Crippen molar-refractivity contribution in [3.63, 3.8) is 0 Å². The zero-order valence-corrected chi connectivity index (χ0v) is 9.99. The molecule has 1 aromatic carbocycles. The van der Waals surface area contributed by atoms with Crippen LogP contribution in [0.1, 0.15) is 28.9 Å². The highest BCUT2D eigenvalue weighted by Gasteiger charge is 2.31. The Bertz CT molecular complexity index is 580. The standard InChI is InChI=1S/C15H14N2O/c18-15(13-7-8-13)17-11-10-14(16-17)9-6-12-4-2-1-3-5-12/h1-6,9-11,13H,7-8H2/b9-6+. The van der Waals surface area contributed by atoms with E-state index in [1.807, 2.05) is 48.6 Å². The summed E-state index contributed by atoms with van der Waals surface area (Å²) in [5.41, 5.74) is 1.94. The predicted molar refractivity (Wildman–Crippen MR) is 70.9 cm³/mol. The van der Waals surface area contributed by atoms with Gasteiger partial charge < -0.3 is 0 Å². The van der Waals surface area contributed by atoms with Crippen LogP contribution in [0.4, 0.5) is 0 Å². The molecule has 1 aliphatic rings. The van der Waals surface area contributed by atoms with Gasteiger partial charge in [-0.3, -0.25) is 4.79 Å². The second-order valence-corrected chi connectivity index (χ2v) is 4.54. The molecule has 90 valence electrons. The van der Waals surface area contributed by atoms with E-state index in [0.29, 0.717) is 0 Å². The summed E-state index contributed by atoms with van der Waals surface area (Å²) >= 11 is 0. The number of nitrogens with zero attached hydrogens (tertiary/aromatic N) is 2. The van der Waals surface area contributed by atoms with Crippen LogP contribution in [0.5, 0.6) is 0 Å². The predicted octanol–water partition coefficient (Wildman–Crippen LogP) is 3.10. The van der Waals surface area contributed by atoms with E-state index in [0.717, 1.165) is 24.1 Å². The van der Waals surface area contributed by atoms with Gasteiger partial charge in [-0.2, -0.15) is 5.10 Å². The fraction of sp³-hybridized carbons (Fsp3) is 0.200. The fourth-order valence-electron chi connectivity index (χ4n) is 1.81. The summed E-state index contributed by atoms with van der Waals surface area (Å²) in [4.78, 5) is 11.8. The SMILES string of the molecule is O=C(C1CC1)n1ccc(/C=C/c2ccccc2)n1. The zero-order chi connectivity index (χ0) is 12.4. The van der Waals surface area contributed by atoms with Crippen LogP contribution in [0.3, 0.4) is 0 Å². The highest BCUT2D eigenvalue weighted by Crippen LogP contribution is 2.30. The summed E-state index contributed by atoms with van der Waals surface area (Å²) in [6.07, 6.45) is 7.67. The van der Waals surface area contributed by atoms with Gasteiger partial charge in [-0.05, 0) is 30.5 Å². The van der Waals surface area contributed by atoms with Gasteiger partial charge in [0.15, 0.2) is 0 Å². The van der Waals surface area contributed by atoms with Gasteiger partial charge in [0.2, 0.25) is 5.91 Å². The first-order valence-electron chi connectivity index (χ1n) is 6.16. The van der Waals surface area contributed by atoms with E-state index in [4.69, 9.17) is 0 Å². The molecule has 0 bridgehead atoms. The molecule has 0 atom stereocenters. The van der Waals surface area contributed by atoms with Crippen molar-refractivity contribution in [2.24, 2.45) is 5.92 Å². The summed E-state index contributed by atoms with van der Waals surface area (Å²) < 4.78 is 1.46. The van der Waals surface area contributed by atoms with Gasteiger partial charge >= 0.3 is 0 Å². The van der Waals surface area contributed by atoms with Gasteiger partial charge in [-0.15, -0.1) is 0 Å². The first-order chi connectivity index (χ1) is 8.83. The molecule has 0 spiro atoms. The lowest BCUT2D eigenvalue weighted by Crippen LogP contribution is -2.12. The van der Waals surface area contributed by atoms with Crippen LogP contribution in [0.15, 0.2) is 42.6 Å². The van der Waals surface area contributed by atoms with E-state index < -0.39 is 0 Å². The molecule has 3 rings (SSSR count). The lowest BCUT2D eigenvalue weighted by molar-refractivity contribution is 0.0870. The molecule has 1 aliphatic carbocycles. The Morgan fingerprint density at radius 1 is 1.17 bits per heavy atom. The Balaban J connectivity index is 1.73. The first kappa shape index (κ1) is 11.0. The summed E-state index contributed by atoms with van der Waals surface area (Å²) in [6, 6.07) is 11.9. The van der Waals surface area contributed by atoms with Crippen molar-refractivity contribution in [3.8, 4) is 0 Å². The molecule has 2 aromatic rings. The van der Waals surface area contributed by atoms with Crippen LogP contribution < -0.4 is 0 Å². The van der Waals surface area contributed by atoms with Gasteiger partial charge in [0, 0.05) is 12.1 Å². The third-order valence-corrected chi connectivity index (χ3v) is 3.01.